The summed E-state index contributed by atoms with van der Waals surface area (Å²) in [4.78, 5) is 18.8. The topological polar surface area (TPSA) is 74.7 Å². The molecule has 3 aromatic carbocycles. The average molecular weight is 564 g/mol. The summed E-state index contributed by atoms with van der Waals surface area (Å²) in [5.74, 6) is -0.684. The van der Waals surface area contributed by atoms with E-state index in [-0.39, 0.29) is 18.0 Å². The molecule has 0 radical (unpaired) electrons. The number of benzene rings is 3. The number of aliphatic carboxylic acids is 1. The minimum absolute atomic E-state index is 0.110. The molecule has 0 aliphatic carbocycles. The molecule has 0 atom stereocenters. The highest BCUT2D eigenvalue weighted by atomic mass is 19.4. The fourth-order valence-electron chi connectivity index (χ4n) is 5.44. The number of aromatic nitrogens is 1. The minimum atomic E-state index is -4.54. The van der Waals surface area contributed by atoms with Crippen molar-refractivity contribution in [3.63, 3.8) is 0 Å². The van der Waals surface area contributed by atoms with Gasteiger partial charge >= 0.3 is 12.1 Å². The van der Waals surface area contributed by atoms with Gasteiger partial charge in [0.1, 0.15) is 12.4 Å². The standard InChI is InChI=1S/C32H32F3N3O3/c1-22-17-29(27-9-5-6-10-28(27)36-22)37-25-18-24(32(33,34)35)19-26(20-25)41-16-15-38-13-11-31(12-14-38,30(39)40)21-23-7-3-2-4-8-23/h2-10,17-20H,11-16,21H2,1H3,(H,36,37)(H,39,40). The van der Waals surface area contributed by atoms with Gasteiger partial charge < -0.3 is 15.2 Å². The van der Waals surface area contributed by atoms with Gasteiger partial charge in [0, 0.05) is 35.1 Å². The van der Waals surface area contributed by atoms with Gasteiger partial charge in [-0.15, -0.1) is 0 Å². The number of anilines is 2. The molecular formula is C32H32F3N3O3. The average Bonchev–Trinajstić information content (AvgIpc) is 2.94. The highest BCUT2D eigenvalue weighted by Gasteiger charge is 2.41. The van der Waals surface area contributed by atoms with Crippen LogP contribution in [0.1, 0.15) is 29.7 Å². The number of nitrogens with zero attached hydrogens (tertiary/aromatic N) is 2. The number of hydrogen-bond donors (Lipinski definition) is 2. The normalized spacial score (nSPS) is 15.5. The number of aryl methyl sites for hydroxylation is 1. The number of pyridine rings is 1. The summed E-state index contributed by atoms with van der Waals surface area (Å²) in [6, 6.07) is 22.5. The van der Waals surface area contributed by atoms with Gasteiger partial charge in [0.05, 0.1) is 16.5 Å². The van der Waals surface area contributed by atoms with Crippen LogP contribution >= 0.6 is 0 Å². The van der Waals surface area contributed by atoms with Gasteiger partial charge in [0.25, 0.3) is 0 Å². The summed E-state index contributed by atoms with van der Waals surface area (Å²) in [5, 5.41) is 13.9. The van der Waals surface area contributed by atoms with Crippen LogP contribution in [0, 0.1) is 12.3 Å². The van der Waals surface area contributed by atoms with Gasteiger partial charge in [-0.2, -0.15) is 13.2 Å². The third-order valence-electron chi connectivity index (χ3n) is 7.69. The summed E-state index contributed by atoms with van der Waals surface area (Å²) < 4.78 is 47.1. The molecule has 2 N–H and O–H groups in total. The zero-order chi connectivity index (χ0) is 29.0. The molecule has 0 bridgehead atoms. The zero-order valence-electron chi connectivity index (χ0n) is 22.7. The molecule has 5 rings (SSSR count). The number of carboxylic acid groups (broad SMARTS) is 1. The van der Waals surface area contributed by atoms with Crippen molar-refractivity contribution in [2.24, 2.45) is 5.41 Å². The van der Waals surface area contributed by atoms with E-state index in [1.54, 1.807) is 12.1 Å². The van der Waals surface area contributed by atoms with Crippen molar-refractivity contribution in [3.8, 4) is 5.75 Å². The highest BCUT2D eigenvalue weighted by Crippen LogP contribution is 2.37. The van der Waals surface area contributed by atoms with E-state index in [9.17, 15) is 23.1 Å². The Bertz CT molecular complexity index is 1520. The van der Waals surface area contributed by atoms with E-state index < -0.39 is 23.1 Å². The van der Waals surface area contributed by atoms with Crippen molar-refractivity contribution in [1.82, 2.24) is 9.88 Å². The number of fused-ring (bicyclic) bond motifs is 1. The number of hydrogen-bond acceptors (Lipinski definition) is 5. The largest absolute Gasteiger partial charge is 0.492 e. The Hall–Kier alpha value is -4.11. The van der Waals surface area contributed by atoms with Crippen LogP contribution < -0.4 is 10.1 Å². The maximum Gasteiger partial charge on any atom is 0.416 e. The summed E-state index contributed by atoms with van der Waals surface area (Å²) >= 11 is 0. The van der Waals surface area contributed by atoms with Crippen molar-refractivity contribution < 1.29 is 27.8 Å². The van der Waals surface area contributed by atoms with Gasteiger partial charge in [-0.05, 0) is 69.1 Å². The maximum absolute atomic E-state index is 13.8. The molecule has 1 saturated heterocycles. The summed E-state index contributed by atoms with van der Waals surface area (Å²) in [6.07, 6.45) is -3.08. The summed E-state index contributed by atoms with van der Waals surface area (Å²) in [6.45, 7) is 3.64. The number of nitrogens with one attached hydrogen (secondary N) is 1. The van der Waals surface area contributed by atoms with E-state index in [4.69, 9.17) is 4.74 Å². The first kappa shape index (κ1) is 28.4. The van der Waals surface area contributed by atoms with E-state index in [0.29, 0.717) is 44.6 Å². The Labute approximate surface area is 236 Å². The minimum Gasteiger partial charge on any atom is -0.492 e. The molecule has 214 valence electrons. The van der Waals surface area contributed by atoms with Gasteiger partial charge in [0.15, 0.2) is 0 Å². The molecule has 9 heteroatoms. The van der Waals surface area contributed by atoms with Crippen LogP contribution in [0.25, 0.3) is 10.9 Å². The quantitative estimate of drug-likeness (QED) is 0.226. The second-order valence-corrected chi connectivity index (χ2v) is 10.6. The molecule has 1 aliphatic heterocycles. The fourth-order valence-corrected chi connectivity index (χ4v) is 5.44. The third kappa shape index (κ3) is 6.79. The fraction of sp³-hybridized carbons (Fsp3) is 0.312. The summed E-state index contributed by atoms with van der Waals surface area (Å²) in [5.41, 5.74) is 1.77. The van der Waals surface area contributed by atoms with Gasteiger partial charge in [-0.3, -0.25) is 14.7 Å². The zero-order valence-corrected chi connectivity index (χ0v) is 22.7. The van der Waals surface area contributed by atoms with Crippen LogP contribution in [0.4, 0.5) is 24.5 Å². The predicted octanol–water partition coefficient (Wildman–Crippen LogP) is 7.09. The predicted molar refractivity (Wildman–Crippen MR) is 153 cm³/mol. The van der Waals surface area contributed by atoms with E-state index in [0.717, 1.165) is 34.3 Å². The monoisotopic (exact) mass is 563 g/mol. The van der Waals surface area contributed by atoms with Crippen molar-refractivity contribution in [2.75, 3.05) is 31.6 Å². The lowest BCUT2D eigenvalue weighted by molar-refractivity contribution is -0.152. The number of likely N-dealkylation sites (tertiary alicyclic amines) is 1. The van der Waals surface area contributed by atoms with E-state index in [1.165, 1.54) is 0 Å². The van der Waals surface area contributed by atoms with E-state index in [1.807, 2.05) is 61.5 Å². The molecule has 6 nitrogen and oxygen atoms in total. The molecule has 0 spiro atoms. The molecule has 1 fully saturated rings. The van der Waals surface area contributed by atoms with E-state index >= 15 is 0 Å². The van der Waals surface area contributed by atoms with Crippen molar-refractivity contribution in [3.05, 3.63) is 95.7 Å². The molecule has 1 aliphatic rings. The number of para-hydroxylation sites is 1. The number of ether oxygens (including phenoxy) is 1. The highest BCUT2D eigenvalue weighted by molar-refractivity contribution is 5.93. The first-order valence-corrected chi connectivity index (χ1v) is 13.6. The Morgan fingerprint density at radius 3 is 2.44 bits per heavy atom. The SMILES string of the molecule is Cc1cc(Nc2cc(OCCN3CCC(Cc4ccccc4)(C(=O)O)CC3)cc(C(F)(F)F)c2)c2ccccc2n1. The number of rotatable bonds is 9. The Morgan fingerprint density at radius 1 is 1.02 bits per heavy atom. The molecule has 41 heavy (non-hydrogen) atoms. The first-order valence-electron chi connectivity index (χ1n) is 13.6. The van der Waals surface area contributed by atoms with Gasteiger partial charge in [-0.25, -0.2) is 0 Å². The molecule has 0 unspecified atom stereocenters. The number of carboxylic acids is 1. The Balaban J connectivity index is 1.25. The van der Waals surface area contributed by atoms with Crippen molar-refractivity contribution in [2.45, 2.75) is 32.4 Å². The van der Waals surface area contributed by atoms with E-state index in [2.05, 4.69) is 15.2 Å². The molecule has 2 heterocycles. The maximum atomic E-state index is 13.8. The first-order chi connectivity index (χ1) is 19.6. The van der Waals surface area contributed by atoms with Gasteiger partial charge in [0.2, 0.25) is 0 Å². The smallest absolute Gasteiger partial charge is 0.416 e. The van der Waals surface area contributed by atoms with Gasteiger partial charge in [-0.1, -0.05) is 48.5 Å². The van der Waals surface area contributed by atoms with Crippen LogP contribution in [0.15, 0.2) is 78.9 Å². The number of piperidine rings is 1. The van der Waals surface area contributed by atoms with Crippen LogP contribution in [-0.2, 0) is 17.4 Å². The second kappa shape index (κ2) is 11.8. The van der Waals surface area contributed by atoms with Crippen LogP contribution in [0.3, 0.4) is 0 Å². The lowest BCUT2D eigenvalue weighted by atomic mass is 9.74. The molecule has 0 saturated carbocycles. The van der Waals surface area contributed by atoms with Crippen molar-refractivity contribution in [1.29, 1.82) is 0 Å². The molecule has 1 aromatic heterocycles. The lowest BCUT2D eigenvalue weighted by Gasteiger charge is -2.39. The third-order valence-corrected chi connectivity index (χ3v) is 7.69. The molecule has 0 amide bonds. The van der Waals surface area contributed by atoms with Crippen molar-refractivity contribution >= 4 is 28.2 Å². The van der Waals surface area contributed by atoms with Crippen LogP contribution in [0.2, 0.25) is 0 Å². The number of carbonyl (C=O) groups is 1. The number of halogens is 3. The van der Waals surface area contributed by atoms with Crippen LogP contribution in [0.5, 0.6) is 5.75 Å². The Morgan fingerprint density at radius 2 is 1.73 bits per heavy atom. The molecule has 4 aromatic rings. The lowest BCUT2D eigenvalue weighted by Crippen LogP contribution is -2.46. The van der Waals surface area contributed by atoms with Crippen LogP contribution in [-0.4, -0.2) is 47.2 Å². The second-order valence-electron chi connectivity index (χ2n) is 10.6. The summed E-state index contributed by atoms with van der Waals surface area (Å²) in [7, 11) is 0. The Kier molecular flexibility index (Phi) is 8.17. The number of alkyl halides is 3. The molecular weight excluding hydrogens is 531 g/mol.